The molecule has 0 amide bonds. The maximum atomic E-state index is 14.2. The lowest BCUT2D eigenvalue weighted by Crippen LogP contribution is -2.20. The smallest absolute Gasteiger partial charge is 0.338 e. The molecule has 0 radical (unpaired) electrons. The molecule has 1 aliphatic rings. The van der Waals surface area contributed by atoms with E-state index in [1.54, 1.807) is 18.2 Å². The highest BCUT2D eigenvalue weighted by molar-refractivity contribution is 5.90. The minimum Gasteiger partial charge on any atom is -0.493 e. The van der Waals surface area contributed by atoms with E-state index in [9.17, 15) is 9.18 Å². The lowest BCUT2D eigenvalue weighted by Gasteiger charge is -2.28. The van der Waals surface area contributed by atoms with Gasteiger partial charge in [-0.2, -0.15) is 0 Å². The van der Waals surface area contributed by atoms with Gasteiger partial charge in [0, 0.05) is 16.7 Å². The zero-order chi connectivity index (χ0) is 23.4. The number of ether oxygens (including phenoxy) is 5. The first-order chi connectivity index (χ1) is 15.9. The number of carbonyl (C=O) groups excluding carboxylic acids is 1. The van der Waals surface area contributed by atoms with E-state index < -0.39 is 18.1 Å². The molecule has 1 atom stereocenters. The maximum absolute atomic E-state index is 14.2. The summed E-state index contributed by atoms with van der Waals surface area (Å²) in [5.74, 6) is 0.384. The highest BCUT2D eigenvalue weighted by Crippen LogP contribution is 2.37. The summed E-state index contributed by atoms with van der Waals surface area (Å²) in [7, 11) is 1.50. The van der Waals surface area contributed by atoms with Gasteiger partial charge in [0.15, 0.2) is 11.5 Å². The van der Waals surface area contributed by atoms with E-state index in [4.69, 9.17) is 23.7 Å². The predicted molar refractivity (Wildman–Crippen MR) is 119 cm³/mol. The Hall–Kier alpha value is -3.58. The van der Waals surface area contributed by atoms with Gasteiger partial charge < -0.3 is 23.7 Å². The molecule has 7 heteroatoms. The second-order valence-corrected chi connectivity index (χ2v) is 7.83. The lowest BCUT2D eigenvalue weighted by molar-refractivity contribution is -0.112. The van der Waals surface area contributed by atoms with Crippen molar-refractivity contribution in [3.05, 3.63) is 88.7 Å². The average molecular weight is 452 g/mol. The van der Waals surface area contributed by atoms with Gasteiger partial charge in [-0.1, -0.05) is 30.3 Å². The molecular weight excluding hydrogens is 427 g/mol. The first-order valence-electron chi connectivity index (χ1n) is 10.6. The number of carbonyl (C=O) groups is 1. The van der Waals surface area contributed by atoms with Crippen LogP contribution in [0.25, 0.3) is 0 Å². The normalized spacial score (nSPS) is 14.9. The van der Waals surface area contributed by atoms with Crippen molar-refractivity contribution in [2.45, 2.75) is 39.5 Å². The van der Waals surface area contributed by atoms with Crippen molar-refractivity contribution < 1.29 is 32.9 Å². The minimum atomic E-state index is -0.628. The summed E-state index contributed by atoms with van der Waals surface area (Å²) in [6.07, 6.45) is -0.670. The van der Waals surface area contributed by atoms with Crippen molar-refractivity contribution in [3.8, 4) is 17.2 Å². The highest BCUT2D eigenvalue weighted by atomic mass is 19.1. The molecule has 0 fully saturated rings. The SMILES string of the molecule is COc1cc(C(=O)OCc2cc(F)cc3c2OC(c2ccccc2)OC3)ccc1OC(C)C. The molecule has 3 aromatic rings. The molecule has 0 spiro atoms. The largest absolute Gasteiger partial charge is 0.493 e. The maximum Gasteiger partial charge on any atom is 0.338 e. The molecule has 172 valence electrons. The van der Waals surface area contributed by atoms with Crippen LogP contribution in [0.15, 0.2) is 60.7 Å². The van der Waals surface area contributed by atoms with Crippen LogP contribution in [-0.2, 0) is 22.7 Å². The van der Waals surface area contributed by atoms with E-state index in [0.29, 0.717) is 33.9 Å². The Balaban J connectivity index is 1.51. The summed E-state index contributed by atoms with van der Waals surface area (Å²) in [6, 6.07) is 16.9. The predicted octanol–water partition coefficient (Wildman–Crippen LogP) is 5.59. The number of hydrogen-bond acceptors (Lipinski definition) is 6. The fraction of sp³-hybridized carbons (Fsp3) is 0.269. The van der Waals surface area contributed by atoms with Gasteiger partial charge in [0.1, 0.15) is 18.2 Å². The molecule has 1 aliphatic heterocycles. The van der Waals surface area contributed by atoms with E-state index in [-0.39, 0.29) is 19.3 Å². The molecule has 0 bridgehead atoms. The number of fused-ring (bicyclic) bond motifs is 1. The number of hydrogen-bond donors (Lipinski definition) is 0. The zero-order valence-corrected chi connectivity index (χ0v) is 18.7. The van der Waals surface area contributed by atoms with Crippen LogP contribution in [0.1, 0.15) is 47.2 Å². The molecule has 4 rings (SSSR count). The van der Waals surface area contributed by atoms with Crippen molar-refractivity contribution in [2.75, 3.05) is 7.11 Å². The third-order valence-corrected chi connectivity index (χ3v) is 5.02. The van der Waals surface area contributed by atoms with Gasteiger partial charge >= 0.3 is 5.97 Å². The average Bonchev–Trinajstić information content (AvgIpc) is 2.82. The summed E-state index contributed by atoms with van der Waals surface area (Å²) in [6.45, 7) is 3.82. The van der Waals surface area contributed by atoms with Gasteiger partial charge in [0.2, 0.25) is 6.29 Å². The topological polar surface area (TPSA) is 63.2 Å². The molecule has 0 N–H and O–H groups in total. The van der Waals surface area contributed by atoms with Gasteiger partial charge in [-0.25, -0.2) is 9.18 Å². The van der Waals surface area contributed by atoms with E-state index >= 15 is 0 Å². The molecule has 0 saturated heterocycles. The molecule has 0 aromatic heterocycles. The first-order valence-corrected chi connectivity index (χ1v) is 10.6. The second kappa shape index (κ2) is 9.92. The Morgan fingerprint density at radius 3 is 2.61 bits per heavy atom. The lowest BCUT2D eigenvalue weighted by atomic mass is 10.1. The Kier molecular flexibility index (Phi) is 6.79. The van der Waals surface area contributed by atoms with Crippen LogP contribution in [0, 0.1) is 5.82 Å². The first kappa shape index (κ1) is 22.6. The van der Waals surface area contributed by atoms with Crippen LogP contribution in [0.4, 0.5) is 4.39 Å². The molecule has 0 saturated carbocycles. The molecule has 1 heterocycles. The zero-order valence-electron chi connectivity index (χ0n) is 18.7. The van der Waals surface area contributed by atoms with Gasteiger partial charge in [-0.05, 0) is 44.2 Å². The van der Waals surface area contributed by atoms with Crippen molar-refractivity contribution >= 4 is 5.97 Å². The molecule has 0 aliphatic carbocycles. The standard InChI is InChI=1S/C26H25FO6/c1-16(2)32-22-10-9-18(13-23(22)29-3)25(28)30-14-19-11-21(27)12-20-15-31-26(33-24(19)20)17-7-5-4-6-8-17/h4-13,16,26H,14-15H2,1-3H3. The minimum absolute atomic E-state index is 0.0421. The molecule has 6 nitrogen and oxygen atoms in total. The van der Waals surface area contributed by atoms with Crippen molar-refractivity contribution in [2.24, 2.45) is 0 Å². The van der Waals surface area contributed by atoms with Gasteiger partial charge in [-0.15, -0.1) is 0 Å². The summed E-state index contributed by atoms with van der Waals surface area (Å²) in [5.41, 5.74) is 2.12. The molecule has 1 unspecified atom stereocenters. The number of rotatable bonds is 7. The summed E-state index contributed by atoms with van der Waals surface area (Å²) in [4.78, 5) is 12.7. The Morgan fingerprint density at radius 1 is 1.09 bits per heavy atom. The van der Waals surface area contributed by atoms with Gasteiger partial charge in [0.05, 0.1) is 25.4 Å². The fourth-order valence-corrected chi connectivity index (χ4v) is 3.53. The van der Waals surface area contributed by atoms with Crippen LogP contribution >= 0.6 is 0 Å². The Bertz CT molecular complexity index is 1130. The molecule has 33 heavy (non-hydrogen) atoms. The second-order valence-electron chi connectivity index (χ2n) is 7.83. The number of esters is 1. The van der Waals surface area contributed by atoms with Crippen molar-refractivity contribution in [1.82, 2.24) is 0 Å². The monoisotopic (exact) mass is 452 g/mol. The molecule has 3 aromatic carbocycles. The quantitative estimate of drug-likeness (QED) is 0.436. The Labute approximate surface area is 191 Å². The molecular formula is C26H25FO6. The van der Waals surface area contributed by atoms with Crippen LogP contribution < -0.4 is 14.2 Å². The van der Waals surface area contributed by atoms with Crippen LogP contribution in [0.5, 0.6) is 17.2 Å². The van der Waals surface area contributed by atoms with Crippen LogP contribution in [0.2, 0.25) is 0 Å². The van der Waals surface area contributed by atoms with Crippen LogP contribution in [0.3, 0.4) is 0 Å². The summed E-state index contributed by atoms with van der Waals surface area (Å²) < 4.78 is 42.4. The summed E-state index contributed by atoms with van der Waals surface area (Å²) in [5, 5.41) is 0. The van der Waals surface area contributed by atoms with Gasteiger partial charge in [0.25, 0.3) is 0 Å². The number of methoxy groups -OCH3 is 1. The fourth-order valence-electron chi connectivity index (χ4n) is 3.53. The number of halogens is 1. The van der Waals surface area contributed by atoms with Gasteiger partial charge in [-0.3, -0.25) is 0 Å². The van der Waals surface area contributed by atoms with E-state index in [1.165, 1.54) is 19.2 Å². The van der Waals surface area contributed by atoms with E-state index in [0.717, 1.165) is 5.56 Å². The van der Waals surface area contributed by atoms with E-state index in [1.807, 2.05) is 44.2 Å². The third-order valence-electron chi connectivity index (χ3n) is 5.02. The summed E-state index contributed by atoms with van der Waals surface area (Å²) >= 11 is 0. The van der Waals surface area contributed by atoms with Crippen molar-refractivity contribution in [3.63, 3.8) is 0 Å². The third kappa shape index (κ3) is 5.26. The Morgan fingerprint density at radius 2 is 1.88 bits per heavy atom. The van der Waals surface area contributed by atoms with Crippen LogP contribution in [-0.4, -0.2) is 19.2 Å². The number of benzene rings is 3. The highest BCUT2D eigenvalue weighted by Gasteiger charge is 2.26. The van der Waals surface area contributed by atoms with E-state index in [2.05, 4.69) is 0 Å². The van der Waals surface area contributed by atoms with Crippen molar-refractivity contribution in [1.29, 1.82) is 0 Å².